The standard InChI is InChI=1S/C14H12ClNO2/c1-9-4-2-3-5-11(9)14(18)16-10-6-7-13(17)12(15)8-10/h2-8,17H,1H3,(H,16,18). The minimum atomic E-state index is -0.199. The third kappa shape index (κ3) is 2.63. The van der Waals surface area contributed by atoms with Crippen molar-refractivity contribution >= 4 is 23.2 Å². The lowest BCUT2D eigenvalue weighted by Crippen LogP contribution is -2.13. The van der Waals surface area contributed by atoms with Gasteiger partial charge in [0.2, 0.25) is 0 Å². The second-order valence-electron chi connectivity index (χ2n) is 3.94. The first kappa shape index (κ1) is 12.5. The van der Waals surface area contributed by atoms with Gasteiger partial charge in [-0.05, 0) is 36.8 Å². The summed E-state index contributed by atoms with van der Waals surface area (Å²) >= 11 is 5.77. The SMILES string of the molecule is Cc1ccccc1C(=O)Nc1ccc(O)c(Cl)c1. The Kier molecular flexibility index (Phi) is 3.53. The van der Waals surface area contributed by atoms with E-state index in [-0.39, 0.29) is 16.7 Å². The van der Waals surface area contributed by atoms with Crippen molar-refractivity contribution in [2.45, 2.75) is 6.92 Å². The van der Waals surface area contributed by atoms with Crippen LogP contribution in [0.5, 0.6) is 5.75 Å². The first-order chi connectivity index (χ1) is 8.58. The van der Waals surface area contributed by atoms with Gasteiger partial charge in [0.15, 0.2) is 0 Å². The van der Waals surface area contributed by atoms with E-state index in [0.717, 1.165) is 5.56 Å². The third-order valence-electron chi connectivity index (χ3n) is 2.60. The van der Waals surface area contributed by atoms with Crippen molar-refractivity contribution < 1.29 is 9.90 Å². The summed E-state index contributed by atoms with van der Waals surface area (Å²) in [4.78, 5) is 12.0. The van der Waals surface area contributed by atoms with Crippen LogP contribution in [0.4, 0.5) is 5.69 Å². The van der Waals surface area contributed by atoms with Gasteiger partial charge in [0, 0.05) is 11.3 Å². The summed E-state index contributed by atoms with van der Waals surface area (Å²) < 4.78 is 0. The Balaban J connectivity index is 2.22. The molecule has 0 spiro atoms. The second kappa shape index (κ2) is 5.10. The van der Waals surface area contributed by atoms with Gasteiger partial charge in [0.25, 0.3) is 5.91 Å². The third-order valence-corrected chi connectivity index (χ3v) is 2.90. The van der Waals surface area contributed by atoms with Crippen molar-refractivity contribution in [2.75, 3.05) is 5.32 Å². The zero-order chi connectivity index (χ0) is 13.1. The summed E-state index contributed by atoms with van der Waals surface area (Å²) in [5, 5.41) is 12.2. The fourth-order valence-electron chi connectivity index (χ4n) is 1.61. The molecule has 0 aliphatic heterocycles. The van der Waals surface area contributed by atoms with E-state index in [4.69, 9.17) is 11.6 Å². The molecule has 0 unspecified atom stereocenters. The number of nitrogens with one attached hydrogen (secondary N) is 1. The van der Waals surface area contributed by atoms with Gasteiger partial charge in [-0.25, -0.2) is 0 Å². The number of phenols is 1. The van der Waals surface area contributed by atoms with Crippen molar-refractivity contribution in [2.24, 2.45) is 0 Å². The van der Waals surface area contributed by atoms with Gasteiger partial charge >= 0.3 is 0 Å². The maximum atomic E-state index is 12.0. The molecule has 2 aromatic carbocycles. The van der Waals surface area contributed by atoms with E-state index in [1.807, 2.05) is 25.1 Å². The molecule has 0 atom stereocenters. The second-order valence-corrected chi connectivity index (χ2v) is 4.34. The first-order valence-corrected chi connectivity index (χ1v) is 5.81. The lowest BCUT2D eigenvalue weighted by Gasteiger charge is -2.08. The molecule has 2 aromatic rings. The fraction of sp³-hybridized carbons (Fsp3) is 0.0714. The molecule has 2 N–H and O–H groups in total. The molecular formula is C14H12ClNO2. The van der Waals surface area contributed by atoms with Gasteiger partial charge in [-0.2, -0.15) is 0 Å². The maximum Gasteiger partial charge on any atom is 0.255 e. The molecule has 18 heavy (non-hydrogen) atoms. The number of hydrogen-bond donors (Lipinski definition) is 2. The summed E-state index contributed by atoms with van der Waals surface area (Å²) in [6, 6.07) is 11.9. The Bertz CT molecular complexity index is 596. The molecule has 2 rings (SSSR count). The van der Waals surface area contributed by atoms with Gasteiger partial charge in [-0.3, -0.25) is 4.79 Å². The predicted molar refractivity (Wildman–Crippen MR) is 72.2 cm³/mol. The number of phenolic OH excluding ortho intramolecular Hbond substituents is 1. The smallest absolute Gasteiger partial charge is 0.255 e. The number of carbonyl (C=O) groups excluding carboxylic acids is 1. The Morgan fingerprint density at radius 1 is 1.22 bits per heavy atom. The van der Waals surface area contributed by atoms with E-state index in [1.54, 1.807) is 12.1 Å². The van der Waals surface area contributed by atoms with Gasteiger partial charge in [-0.15, -0.1) is 0 Å². The van der Waals surface area contributed by atoms with E-state index in [9.17, 15) is 9.90 Å². The molecule has 0 aliphatic rings. The molecule has 0 aromatic heterocycles. The Morgan fingerprint density at radius 3 is 2.61 bits per heavy atom. The number of anilines is 1. The maximum absolute atomic E-state index is 12.0. The highest BCUT2D eigenvalue weighted by molar-refractivity contribution is 6.32. The van der Waals surface area contributed by atoms with Crippen LogP contribution in [0, 0.1) is 6.92 Å². The van der Waals surface area contributed by atoms with E-state index in [2.05, 4.69) is 5.32 Å². The van der Waals surface area contributed by atoms with E-state index in [0.29, 0.717) is 11.3 Å². The van der Waals surface area contributed by atoms with Crippen LogP contribution in [-0.2, 0) is 0 Å². The number of aromatic hydroxyl groups is 1. The Hall–Kier alpha value is -2.00. The van der Waals surface area contributed by atoms with Crippen molar-refractivity contribution in [3.8, 4) is 5.75 Å². The number of rotatable bonds is 2. The minimum absolute atomic E-state index is 0.00874. The molecule has 0 saturated heterocycles. The summed E-state index contributed by atoms with van der Waals surface area (Å²) in [7, 11) is 0. The van der Waals surface area contributed by atoms with Crippen molar-refractivity contribution in [1.82, 2.24) is 0 Å². The number of benzene rings is 2. The van der Waals surface area contributed by atoms with E-state index in [1.165, 1.54) is 12.1 Å². The molecule has 0 aliphatic carbocycles. The molecule has 0 heterocycles. The normalized spacial score (nSPS) is 10.1. The van der Waals surface area contributed by atoms with Gasteiger partial charge in [-0.1, -0.05) is 29.8 Å². The molecule has 0 fully saturated rings. The van der Waals surface area contributed by atoms with Crippen molar-refractivity contribution in [3.05, 3.63) is 58.6 Å². The lowest BCUT2D eigenvalue weighted by atomic mass is 10.1. The highest BCUT2D eigenvalue weighted by Gasteiger charge is 2.09. The van der Waals surface area contributed by atoms with Crippen LogP contribution in [0.3, 0.4) is 0 Å². The van der Waals surface area contributed by atoms with E-state index < -0.39 is 0 Å². The topological polar surface area (TPSA) is 49.3 Å². The number of carbonyl (C=O) groups is 1. The molecule has 4 heteroatoms. The number of hydrogen-bond acceptors (Lipinski definition) is 2. The number of halogens is 1. The largest absolute Gasteiger partial charge is 0.506 e. The van der Waals surface area contributed by atoms with Crippen LogP contribution in [0.2, 0.25) is 5.02 Å². The van der Waals surface area contributed by atoms with Crippen LogP contribution in [0.25, 0.3) is 0 Å². The average molecular weight is 262 g/mol. The van der Waals surface area contributed by atoms with Crippen molar-refractivity contribution in [3.63, 3.8) is 0 Å². The fourth-order valence-corrected chi connectivity index (χ4v) is 1.79. The van der Waals surface area contributed by atoms with Crippen LogP contribution in [0.15, 0.2) is 42.5 Å². The summed E-state index contributed by atoms with van der Waals surface area (Å²) in [6.07, 6.45) is 0. The monoisotopic (exact) mass is 261 g/mol. The van der Waals surface area contributed by atoms with Crippen LogP contribution < -0.4 is 5.32 Å². The summed E-state index contributed by atoms with van der Waals surface area (Å²) in [5.74, 6) is -0.208. The number of amides is 1. The van der Waals surface area contributed by atoms with Gasteiger partial charge < -0.3 is 10.4 Å². The van der Waals surface area contributed by atoms with Crippen LogP contribution >= 0.6 is 11.6 Å². The lowest BCUT2D eigenvalue weighted by molar-refractivity contribution is 0.102. The van der Waals surface area contributed by atoms with Gasteiger partial charge in [0.1, 0.15) is 5.75 Å². The zero-order valence-corrected chi connectivity index (χ0v) is 10.5. The quantitative estimate of drug-likeness (QED) is 0.812. The molecular weight excluding hydrogens is 250 g/mol. The summed E-state index contributed by atoms with van der Waals surface area (Å²) in [6.45, 7) is 1.87. The van der Waals surface area contributed by atoms with Crippen molar-refractivity contribution in [1.29, 1.82) is 0 Å². The van der Waals surface area contributed by atoms with E-state index >= 15 is 0 Å². The zero-order valence-electron chi connectivity index (χ0n) is 9.77. The summed E-state index contributed by atoms with van der Waals surface area (Å²) in [5.41, 5.74) is 2.06. The molecule has 0 radical (unpaired) electrons. The first-order valence-electron chi connectivity index (χ1n) is 5.43. The number of aryl methyl sites for hydroxylation is 1. The molecule has 3 nitrogen and oxygen atoms in total. The molecule has 92 valence electrons. The highest BCUT2D eigenvalue weighted by Crippen LogP contribution is 2.26. The predicted octanol–water partition coefficient (Wildman–Crippen LogP) is 3.61. The molecule has 1 amide bonds. The van der Waals surface area contributed by atoms with Crippen LogP contribution in [-0.4, -0.2) is 11.0 Å². The Labute approximate surface area is 110 Å². The average Bonchev–Trinajstić information content (AvgIpc) is 2.34. The van der Waals surface area contributed by atoms with Gasteiger partial charge in [0.05, 0.1) is 5.02 Å². The molecule has 0 bridgehead atoms. The minimum Gasteiger partial charge on any atom is -0.506 e. The Morgan fingerprint density at radius 2 is 1.94 bits per heavy atom. The molecule has 0 saturated carbocycles. The highest BCUT2D eigenvalue weighted by atomic mass is 35.5. The van der Waals surface area contributed by atoms with Crippen LogP contribution in [0.1, 0.15) is 15.9 Å².